The van der Waals surface area contributed by atoms with E-state index in [2.05, 4.69) is 5.32 Å². The van der Waals surface area contributed by atoms with Crippen LogP contribution < -0.4 is 10.1 Å². The van der Waals surface area contributed by atoms with Gasteiger partial charge in [-0.05, 0) is 72.5 Å². The summed E-state index contributed by atoms with van der Waals surface area (Å²) in [5.74, 6) is 0.432. The molecule has 4 nitrogen and oxygen atoms in total. The van der Waals surface area contributed by atoms with Crippen LogP contribution in [0.1, 0.15) is 24.0 Å². The van der Waals surface area contributed by atoms with E-state index >= 15 is 0 Å². The molecule has 3 aromatic carbocycles. The lowest BCUT2D eigenvalue weighted by Gasteiger charge is -2.36. The van der Waals surface area contributed by atoms with Crippen molar-refractivity contribution in [2.75, 3.05) is 13.2 Å². The Hall–Kier alpha value is -3.25. The number of nitrogens with one attached hydrogen (secondary N) is 1. The van der Waals surface area contributed by atoms with Gasteiger partial charge in [0.1, 0.15) is 23.1 Å². The maximum atomic E-state index is 13.4. The summed E-state index contributed by atoms with van der Waals surface area (Å²) in [5.41, 5.74) is 0.997. The van der Waals surface area contributed by atoms with E-state index in [1.54, 1.807) is 36.4 Å². The molecule has 0 aromatic heterocycles. The third-order valence-electron chi connectivity index (χ3n) is 5.60. The van der Waals surface area contributed by atoms with Crippen LogP contribution in [-0.2, 0) is 21.5 Å². The summed E-state index contributed by atoms with van der Waals surface area (Å²) in [6, 6.07) is 19.3. The Kier molecular flexibility index (Phi) is 6.28. The molecule has 1 aliphatic rings. The molecular formula is C25H23F2NO3. The van der Waals surface area contributed by atoms with Gasteiger partial charge in [-0.15, -0.1) is 0 Å². The van der Waals surface area contributed by atoms with Crippen LogP contribution in [0.25, 0.3) is 0 Å². The molecule has 4 rings (SSSR count). The normalized spacial score (nSPS) is 15.3. The number of amides is 1. The molecule has 1 fully saturated rings. The van der Waals surface area contributed by atoms with Crippen molar-refractivity contribution in [1.29, 1.82) is 0 Å². The fraction of sp³-hybridized carbons (Fsp3) is 0.240. The average molecular weight is 423 g/mol. The van der Waals surface area contributed by atoms with Crippen LogP contribution in [-0.4, -0.2) is 19.1 Å². The third-order valence-corrected chi connectivity index (χ3v) is 5.60. The Labute approximate surface area is 179 Å². The summed E-state index contributed by atoms with van der Waals surface area (Å²) in [6.07, 6.45) is 1.10. The predicted octanol–water partition coefficient (Wildman–Crippen LogP) is 5.12. The van der Waals surface area contributed by atoms with E-state index in [4.69, 9.17) is 9.47 Å². The van der Waals surface area contributed by atoms with Gasteiger partial charge in [0.05, 0.1) is 5.41 Å². The Balaban J connectivity index is 1.41. The van der Waals surface area contributed by atoms with E-state index in [9.17, 15) is 13.6 Å². The molecular weight excluding hydrogens is 400 g/mol. The second kappa shape index (κ2) is 9.27. The summed E-state index contributed by atoms with van der Waals surface area (Å²) in [5, 5.41) is 3.03. The molecule has 0 saturated carbocycles. The Morgan fingerprint density at radius 1 is 0.839 bits per heavy atom. The van der Waals surface area contributed by atoms with Gasteiger partial charge in [-0.25, -0.2) is 8.78 Å². The number of hydrogen-bond acceptors (Lipinski definition) is 3. The first kappa shape index (κ1) is 21.0. The van der Waals surface area contributed by atoms with Crippen LogP contribution >= 0.6 is 0 Å². The van der Waals surface area contributed by atoms with E-state index in [0.717, 1.165) is 11.1 Å². The van der Waals surface area contributed by atoms with Crippen molar-refractivity contribution in [1.82, 2.24) is 5.32 Å². The average Bonchev–Trinajstić information content (AvgIpc) is 2.81. The minimum absolute atomic E-state index is 0.0888. The fourth-order valence-electron chi connectivity index (χ4n) is 3.80. The Morgan fingerprint density at radius 3 is 1.94 bits per heavy atom. The van der Waals surface area contributed by atoms with Crippen molar-refractivity contribution in [2.24, 2.45) is 0 Å². The van der Waals surface area contributed by atoms with Crippen molar-refractivity contribution in [3.05, 3.63) is 95.6 Å². The van der Waals surface area contributed by atoms with Gasteiger partial charge in [0, 0.05) is 19.8 Å². The maximum Gasteiger partial charge on any atom is 0.231 e. The number of carbonyl (C=O) groups is 1. The Morgan fingerprint density at radius 2 is 1.35 bits per heavy atom. The number of benzene rings is 3. The summed E-state index contributed by atoms with van der Waals surface area (Å²) in [7, 11) is 0. The number of carbonyl (C=O) groups excluding carboxylic acids is 1. The van der Waals surface area contributed by atoms with Crippen molar-refractivity contribution in [2.45, 2.75) is 24.8 Å². The van der Waals surface area contributed by atoms with Gasteiger partial charge >= 0.3 is 0 Å². The van der Waals surface area contributed by atoms with Crippen LogP contribution in [0.3, 0.4) is 0 Å². The second-order valence-electron chi connectivity index (χ2n) is 7.58. The van der Waals surface area contributed by atoms with Crippen molar-refractivity contribution < 1.29 is 23.0 Å². The quantitative estimate of drug-likeness (QED) is 0.599. The van der Waals surface area contributed by atoms with Crippen LogP contribution in [0.5, 0.6) is 11.5 Å². The molecule has 1 saturated heterocycles. The minimum atomic E-state index is -0.725. The van der Waals surface area contributed by atoms with Gasteiger partial charge in [-0.1, -0.05) is 24.3 Å². The van der Waals surface area contributed by atoms with Crippen molar-refractivity contribution in [3.63, 3.8) is 0 Å². The first-order valence-corrected chi connectivity index (χ1v) is 10.2. The largest absolute Gasteiger partial charge is 0.457 e. The van der Waals surface area contributed by atoms with Gasteiger partial charge in [-0.2, -0.15) is 0 Å². The molecule has 1 heterocycles. The molecule has 0 bridgehead atoms. The lowest BCUT2D eigenvalue weighted by atomic mass is 9.73. The summed E-state index contributed by atoms with van der Waals surface area (Å²) >= 11 is 0. The van der Waals surface area contributed by atoms with E-state index in [1.807, 2.05) is 12.1 Å². The molecule has 3 aromatic rings. The van der Waals surface area contributed by atoms with E-state index in [1.165, 1.54) is 24.3 Å². The highest BCUT2D eigenvalue weighted by Gasteiger charge is 2.41. The molecule has 0 atom stereocenters. The second-order valence-corrected chi connectivity index (χ2v) is 7.58. The van der Waals surface area contributed by atoms with Crippen LogP contribution in [0, 0.1) is 11.6 Å². The molecule has 31 heavy (non-hydrogen) atoms. The van der Waals surface area contributed by atoms with E-state index < -0.39 is 5.41 Å². The summed E-state index contributed by atoms with van der Waals surface area (Å²) in [6.45, 7) is 1.33. The van der Waals surface area contributed by atoms with Crippen LogP contribution in [0.15, 0.2) is 72.8 Å². The summed E-state index contributed by atoms with van der Waals surface area (Å²) < 4.78 is 37.5. The van der Waals surface area contributed by atoms with Gasteiger partial charge < -0.3 is 14.8 Å². The molecule has 0 spiro atoms. The first-order valence-electron chi connectivity index (χ1n) is 10.2. The Bertz CT molecular complexity index is 1010. The molecule has 1 N–H and O–H groups in total. The summed E-state index contributed by atoms with van der Waals surface area (Å²) in [4.78, 5) is 13.2. The highest BCUT2D eigenvalue weighted by atomic mass is 19.1. The molecule has 6 heteroatoms. The predicted molar refractivity (Wildman–Crippen MR) is 113 cm³/mol. The first-order chi connectivity index (χ1) is 15.0. The highest BCUT2D eigenvalue weighted by Crippen LogP contribution is 2.35. The number of ether oxygens (including phenoxy) is 2. The SMILES string of the molecule is O=C(NCc1ccc(Oc2ccc(F)cc2)cc1)C1(c2ccc(F)cc2)CCOCC1. The van der Waals surface area contributed by atoms with Gasteiger partial charge in [0.15, 0.2) is 0 Å². The number of rotatable bonds is 6. The van der Waals surface area contributed by atoms with Gasteiger partial charge in [0.2, 0.25) is 5.91 Å². The maximum absolute atomic E-state index is 13.4. The van der Waals surface area contributed by atoms with Crippen molar-refractivity contribution in [3.8, 4) is 11.5 Å². The molecule has 0 aliphatic carbocycles. The zero-order chi connectivity index (χ0) is 21.7. The number of hydrogen-bond donors (Lipinski definition) is 1. The third kappa shape index (κ3) is 4.91. The zero-order valence-electron chi connectivity index (χ0n) is 16.9. The smallest absolute Gasteiger partial charge is 0.231 e. The minimum Gasteiger partial charge on any atom is -0.457 e. The highest BCUT2D eigenvalue weighted by molar-refractivity contribution is 5.88. The lowest BCUT2D eigenvalue weighted by molar-refractivity contribution is -0.130. The monoisotopic (exact) mass is 423 g/mol. The van der Waals surface area contributed by atoms with Crippen LogP contribution in [0.2, 0.25) is 0 Å². The van der Waals surface area contributed by atoms with Crippen LogP contribution in [0.4, 0.5) is 8.78 Å². The van der Waals surface area contributed by atoms with E-state index in [-0.39, 0.29) is 17.5 Å². The van der Waals surface area contributed by atoms with Crippen molar-refractivity contribution >= 4 is 5.91 Å². The molecule has 160 valence electrons. The lowest BCUT2D eigenvalue weighted by Crippen LogP contribution is -2.47. The molecule has 1 aliphatic heterocycles. The molecule has 0 radical (unpaired) electrons. The molecule has 0 unspecified atom stereocenters. The molecule has 1 amide bonds. The van der Waals surface area contributed by atoms with Gasteiger partial charge in [-0.3, -0.25) is 4.79 Å². The van der Waals surface area contributed by atoms with Gasteiger partial charge in [0.25, 0.3) is 0 Å². The zero-order valence-corrected chi connectivity index (χ0v) is 16.9. The fourth-order valence-corrected chi connectivity index (χ4v) is 3.80. The standard InChI is InChI=1S/C25H23F2NO3/c26-20-5-3-19(4-6-20)25(13-15-30-16-14-25)24(29)28-17-18-1-9-22(10-2-18)31-23-11-7-21(27)8-12-23/h1-12H,13-17H2,(H,28,29). The topological polar surface area (TPSA) is 47.6 Å². The number of halogens is 2. The van der Waals surface area contributed by atoms with E-state index in [0.29, 0.717) is 44.1 Å².